The molecule has 1 saturated heterocycles. The number of fused-ring (bicyclic) bond motifs is 2. The largest absolute Gasteiger partial charge is 0.481 e. The summed E-state index contributed by atoms with van der Waals surface area (Å²) in [5, 5.41) is 18.4. The molecular formula is C33H32N6O2S. The Morgan fingerprint density at radius 1 is 1.07 bits per heavy atom. The van der Waals surface area contributed by atoms with E-state index in [2.05, 4.69) is 76.8 Å². The summed E-state index contributed by atoms with van der Waals surface area (Å²) in [6.07, 6.45) is 4.38. The molecule has 0 saturated carbocycles. The molecule has 8 nitrogen and oxygen atoms in total. The fourth-order valence-electron chi connectivity index (χ4n) is 6.14. The number of thiazole rings is 1. The minimum atomic E-state index is -0.710. The van der Waals surface area contributed by atoms with Gasteiger partial charge in [0.25, 0.3) is 0 Å². The zero-order valence-electron chi connectivity index (χ0n) is 23.6. The summed E-state index contributed by atoms with van der Waals surface area (Å²) < 4.78 is 0. The van der Waals surface area contributed by atoms with E-state index in [1.54, 1.807) is 17.5 Å². The van der Waals surface area contributed by atoms with Gasteiger partial charge in [0, 0.05) is 60.1 Å². The lowest BCUT2D eigenvalue weighted by Crippen LogP contribution is -2.22. The molecule has 0 unspecified atom stereocenters. The van der Waals surface area contributed by atoms with E-state index in [1.165, 1.54) is 32.8 Å². The van der Waals surface area contributed by atoms with Crippen LogP contribution in [0, 0.1) is 19.8 Å². The van der Waals surface area contributed by atoms with E-state index in [0.29, 0.717) is 25.3 Å². The fourth-order valence-corrected chi connectivity index (χ4v) is 7.27. The molecule has 5 heterocycles. The number of aromatic nitrogens is 3. The highest BCUT2D eigenvalue weighted by Gasteiger charge is 2.28. The van der Waals surface area contributed by atoms with Crippen LogP contribution in [0.3, 0.4) is 0 Å². The zero-order valence-corrected chi connectivity index (χ0v) is 24.5. The smallest absolute Gasteiger partial charge is 0.307 e. The van der Waals surface area contributed by atoms with Crippen molar-refractivity contribution in [2.45, 2.75) is 39.9 Å². The molecule has 2 aromatic carbocycles. The van der Waals surface area contributed by atoms with Crippen LogP contribution in [-0.4, -0.2) is 44.0 Å². The predicted molar refractivity (Wildman–Crippen MR) is 167 cm³/mol. The van der Waals surface area contributed by atoms with E-state index >= 15 is 0 Å². The SMILES string of the molecule is Cc1c(Nc2nccc3cc(CN4CC[C@@H](C(=O)O)C4)cnc23)cccc1-c1cccc(-c2nc3c(s2)CNC3)c1C. The van der Waals surface area contributed by atoms with Crippen molar-refractivity contribution in [3.05, 3.63) is 88.2 Å². The molecule has 3 N–H and O–H groups in total. The molecular weight excluding hydrogens is 544 g/mol. The second-order valence-electron chi connectivity index (χ2n) is 11.2. The van der Waals surface area contributed by atoms with Gasteiger partial charge < -0.3 is 15.7 Å². The maximum atomic E-state index is 11.3. The van der Waals surface area contributed by atoms with Gasteiger partial charge in [0.05, 0.1) is 11.6 Å². The quantitative estimate of drug-likeness (QED) is 0.208. The molecule has 0 radical (unpaired) electrons. The number of hydrogen-bond donors (Lipinski definition) is 3. The molecule has 42 heavy (non-hydrogen) atoms. The molecule has 1 atom stereocenters. The maximum Gasteiger partial charge on any atom is 0.307 e. The number of benzene rings is 2. The molecule has 0 bridgehead atoms. The van der Waals surface area contributed by atoms with Gasteiger partial charge in [0.1, 0.15) is 10.5 Å². The van der Waals surface area contributed by atoms with Crippen molar-refractivity contribution in [1.82, 2.24) is 25.2 Å². The number of likely N-dealkylation sites (tertiary alicyclic amines) is 1. The molecule has 1 fully saturated rings. The summed E-state index contributed by atoms with van der Waals surface area (Å²) in [5.41, 5.74) is 9.96. The lowest BCUT2D eigenvalue weighted by atomic mass is 9.93. The molecule has 2 aliphatic rings. The first-order valence-corrected chi connectivity index (χ1v) is 15.1. The summed E-state index contributed by atoms with van der Waals surface area (Å²) in [7, 11) is 0. The van der Waals surface area contributed by atoms with Crippen LogP contribution in [0.4, 0.5) is 11.5 Å². The summed E-state index contributed by atoms with van der Waals surface area (Å²) in [6.45, 7) is 8.15. The van der Waals surface area contributed by atoms with Gasteiger partial charge in [-0.1, -0.05) is 30.3 Å². The summed E-state index contributed by atoms with van der Waals surface area (Å²) in [4.78, 5) is 29.2. The van der Waals surface area contributed by atoms with E-state index in [-0.39, 0.29) is 5.92 Å². The normalized spacial score (nSPS) is 16.7. The van der Waals surface area contributed by atoms with Crippen LogP contribution in [0.1, 0.15) is 33.7 Å². The van der Waals surface area contributed by atoms with Gasteiger partial charge in [-0.2, -0.15) is 0 Å². The van der Waals surface area contributed by atoms with Gasteiger partial charge in [-0.25, -0.2) is 9.97 Å². The summed E-state index contributed by atoms with van der Waals surface area (Å²) >= 11 is 1.79. The highest BCUT2D eigenvalue weighted by Crippen LogP contribution is 2.39. The van der Waals surface area contributed by atoms with Gasteiger partial charge in [-0.05, 0) is 72.8 Å². The van der Waals surface area contributed by atoms with Gasteiger partial charge in [-0.3, -0.25) is 14.7 Å². The number of carbonyl (C=O) groups is 1. The average molecular weight is 577 g/mol. The Morgan fingerprint density at radius 3 is 2.69 bits per heavy atom. The van der Waals surface area contributed by atoms with Crippen LogP contribution in [0.15, 0.2) is 60.9 Å². The van der Waals surface area contributed by atoms with Crippen molar-refractivity contribution in [3.63, 3.8) is 0 Å². The van der Waals surface area contributed by atoms with Crippen molar-refractivity contribution < 1.29 is 9.90 Å². The molecule has 212 valence electrons. The first kappa shape index (κ1) is 26.7. The average Bonchev–Trinajstić information content (AvgIpc) is 3.72. The standard InChI is InChI=1S/C33H32N6O2S/c1-19-24(5-3-7-26(19)32-38-28-15-34-16-29(28)42-32)25-6-4-8-27(20(25)2)37-31-30-22(9-11-35-31)13-21(14-36-30)17-39-12-10-23(18-39)33(40)41/h3-9,11,13-14,23,34H,10,12,15-18H2,1-2H3,(H,35,37)(H,40,41)/t23-/m1/s1. The second-order valence-corrected chi connectivity index (χ2v) is 12.3. The number of aliphatic carboxylic acids is 1. The van der Waals surface area contributed by atoms with E-state index in [1.807, 2.05) is 12.3 Å². The predicted octanol–water partition coefficient (Wildman–Crippen LogP) is 6.29. The van der Waals surface area contributed by atoms with Crippen molar-refractivity contribution in [2.24, 2.45) is 5.92 Å². The number of carboxylic acids is 1. The van der Waals surface area contributed by atoms with E-state index in [9.17, 15) is 9.90 Å². The summed E-state index contributed by atoms with van der Waals surface area (Å²) in [5.74, 6) is -0.282. The minimum absolute atomic E-state index is 0.283. The maximum absolute atomic E-state index is 11.3. The first-order chi connectivity index (χ1) is 20.4. The Balaban J connectivity index is 1.16. The Kier molecular flexibility index (Phi) is 6.93. The lowest BCUT2D eigenvalue weighted by Gasteiger charge is -2.17. The van der Waals surface area contributed by atoms with Crippen LogP contribution in [0.25, 0.3) is 32.6 Å². The number of carboxylic acid groups (broad SMARTS) is 1. The molecule has 5 aromatic rings. The molecule has 0 spiro atoms. The van der Waals surface area contributed by atoms with Crippen molar-refractivity contribution >= 4 is 39.7 Å². The minimum Gasteiger partial charge on any atom is -0.481 e. The van der Waals surface area contributed by atoms with E-state index in [4.69, 9.17) is 9.97 Å². The van der Waals surface area contributed by atoms with Gasteiger partial charge in [0.15, 0.2) is 5.82 Å². The third-order valence-electron chi connectivity index (χ3n) is 8.48. The highest BCUT2D eigenvalue weighted by atomic mass is 32.1. The lowest BCUT2D eigenvalue weighted by molar-refractivity contribution is -0.141. The third kappa shape index (κ3) is 4.93. The molecule has 9 heteroatoms. The Labute approximate surface area is 248 Å². The van der Waals surface area contributed by atoms with E-state index in [0.717, 1.165) is 52.4 Å². The van der Waals surface area contributed by atoms with Gasteiger partial charge in [-0.15, -0.1) is 11.3 Å². The van der Waals surface area contributed by atoms with Crippen molar-refractivity contribution in [1.29, 1.82) is 0 Å². The van der Waals surface area contributed by atoms with Crippen molar-refractivity contribution in [3.8, 4) is 21.7 Å². The number of nitrogens with one attached hydrogen (secondary N) is 2. The monoisotopic (exact) mass is 576 g/mol. The molecule has 0 amide bonds. The highest BCUT2D eigenvalue weighted by molar-refractivity contribution is 7.15. The van der Waals surface area contributed by atoms with Crippen LogP contribution < -0.4 is 10.6 Å². The third-order valence-corrected chi connectivity index (χ3v) is 9.61. The Hall–Kier alpha value is -4.18. The van der Waals surface area contributed by atoms with Crippen LogP contribution >= 0.6 is 11.3 Å². The van der Waals surface area contributed by atoms with E-state index < -0.39 is 5.97 Å². The number of nitrogens with zero attached hydrogens (tertiary/aromatic N) is 4. The second kappa shape index (κ2) is 10.9. The van der Waals surface area contributed by atoms with Crippen molar-refractivity contribution in [2.75, 3.05) is 18.4 Å². The molecule has 2 aliphatic heterocycles. The molecule has 0 aliphatic carbocycles. The molecule has 3 aromatic heterocycles. The topological polar surface area (TPSA) is 103 Å². The number of anilines is 2. The van der Waals surface area contributed by atoms with Gasteiger partial charge in [0.2, 0.25) is 0 Å². The van der Waals surface area contributed by atoms with Crippen LogP contribution in [0.5, 0.6) is 0 Å². The van der Waals surface area contributed by atoms with Crippen LogP contribution in [-0.2, 0) is 24.4 Å². The number of pyridine rings is 2. The van der Waals surface area contributed by atoms with Gasteiger partial charge >= 0.3 is 5.97 Å². The Morgan fingerprint density at radius 2 is 1.88 bits per heavy atom. The summed E-state index contributed by atoms with van der Waals surface area (Å²) in [6, 6.07) is 16.9. The zero-order chi connectivity index (χ0) is 28.8. The Bertz CT molecular complexity index is 1810. The first-order valence-electron chi connectivity index (χ1n) is 14.3. The van der Waals surface area contributed by atoms with Crippen LogP contribution in [0.2, 0.25) is 0 Å². The fraction of sp³-hybridized carbons (Fsp3) is 0.273. The number of hydrogen-bond acceptors (Lipinski definition) is 8. The molecule has 7 rings (SSSR count). The number of rotatable bonds is 7.